The Bertz CT molecular complexity index is 377. The SMILES string of the molecule is CCOCc1nc(Cl)cc(NCCCC(C)CO)n1. The Morgan fingerprint density at radius 2 is 2.26 bits per heavy atom. The largest absolute Gasteiger partial charge is 0.396 e. The molecule has 0 bridgehead atoms. The second-order valence-electron chi connectivity index (χ2n) is 4.49. The Hall–Kier alpha value is -0.910. The molecule has 0 amide bonds. The summed E-state index contributed by atoms with van der Waals surface area (Å²) < 4.78 is 5.26. The molecule has 1 unspecified atom stereocenters. The number of nitrogens with one attached hydrogen (secondary N) is 1. The molecule has 0 aliphatic heterocycles. The van der Waals surface area contributed by atoms with Gasteiger partial charge in [-0.1, -0.05) is 18.5 Å². The fraction of sp³-hybridized carbons (Fsp3) is 0.692. The maximum absolute atomic E-state index is 8.93. The minimum Gasteiger partial charge on any atom is -0.396 e. The van der Waals surface area contributed by atoms with Gasteiger partial charge in [0.1, 0.15) is 17.6 Å². The molecule has 0 spiro atoms. The van der Waals surface area contributed by atoms with Gasteiger partial charge in [-0.05, 0) is 25.7 Å². The van der Waals surface area contributed by atoms with Crippen LogP contribution in [0, 0.1) is 5.92 Å². The number of rotatable bonds is 9. The van der Waals surface area contributed by atoms with Crippen LogP contribution in [0.5, 0.6) is 0 Å². The summed E-state index contributed by atoms with van der Waals surface area (Å²) in [4.78, 5) is 8.42. The van der Waals surface area contributed by atoms with Crippen LogP contribution >= 0.6 is 11.6 Å². The highest BCUT2D eigenvalue weighted by molar-refractivity contribution is 6.29. The van der Waals surface area contributed by atoms with Gasteiger partial charge in [0, 0.05) is 25.8 Å². The number of ether oxygens (including phenoxy) is 1. The van der Waals surface area contributed by atoms with Gasteiger partial charge < -0.3 is 15.2 Å². The molecule has 1 rings (SSSR count). The second-order valence-corrected chi connectivity index (χ2v) is 4.87. The van der Waals surface area contributed by atoms with Crippen LogP contribution in [-0.2, 0) is 11.3 Å². The van der Waals surface area contributed by atoms with Gasteiger partial charge in [0.2, 0.25) is 0 Å². The van der Waals surface area contributed by atoms with Gasteiger partial charge in [-0.2, -0.15) is 0 Å². The van der Waals surface area contributed by atoms with Crippen molar-refractivity contribution in [2.24, 2.45) is 5.92 Å². The van der Waals surface area contributed by atoms with Gasteiger partial charge in [-0.15, -0.1) is 0 Å². The third-order valence-electron chi connectivity index (χ3n) is 2.67. The molecule has 108 valence electrons. The van der Waals surface area contributed by atoms with E-state index in [1.54, 1.807) is 6.07 Å². The average molecular weight is 288 g/mol. The second kappa shape index (κ2) is 9.07. The van der Waals surface area contributed by atoms with Crippen LogP contribution in [0.25, 0.3) is 0 Å². The number of hydrogen-bond acceptors (Lipinski definition) is 5. The Morgan fingerprint density at radius 3 is 2.95 bits per heavy atom. The highest BCUT2D eigenvalue weighted by Crippen LogP contribution is 2.13. The summed E-state index contributed by atoms with van der Waals surface area (Å²) in [6.45, 7) is 5.97. The zero-order valence-corrected chi connectivity index (χ0v) is 12.3. The average Bonchev–Trinajstić information content (AvgIpc) is 2.40. The number of aromatic nitrogens is 2. The fourth-order valence-electron chi connectivity index (χ4n) is 1.57. The van der Waals surface area contributed by atoms with Crippen molar-refractivity contribution < 1.29 is 9.84 Å². The first-order chi connectivity index (χ1) is 9.15. The van der Waals surface area contributed by atoms with E-state index in [1.807, 2.05) is 13.8 Å². The van der Waals surface area contributed by atoms with Crippen molar-refractivity contribution in [2.75, 3.05) is 25.1 Å². The minimum absolute atomic E-state index is 0.234. The molecule has 5 nitrogen and oxygen atoms in total. The van der Waals surface area contributed by atoms with Crippen molar-refractivity contribution in [3.05, 3.63) is 17.0 Å². The first-order valence-corrected chi connectivity index (χ1v) is 6.99. The predicted molar refractivity (Wildman–Crippen MR) is 76.3 cm³/mol. The lowest BCUT2D eigenvalue weighted by molar-refractivity contribution is 0.128. The van der Waals surface area contributed by atoms with E-state index in [0.29, 0.717) is 35.9 Å². The third kappa shape index (κ3) is 6.71. The molecular weight excluding hydrogens is 266 g/mol. The van der Waals surface area contributed by atoms with E-state index in [0.717, 1.165) is 19.4 Å². The zero-order chi connectivity index (χ0) is 14.1. The topological polar surface area (TPSA) is 67.3 Å². The van der Waals surface area contributed by atoms with Gasteiger partial charge >= 0.3 is 0 Å². The third-order valence-corrected chi connectivity index (χ3v) is 2.86. The van der Waals surface area contributed by atoms with E-state index < -0.39 is 0 Å². The molecule has 0 radical (unpaired) electrons. The van der Waals surface area contributed by atoms with Crippen LogP contribution in [0.15, 0.2) is 6.07 Å². The Morgan fingerprint density at radius 1 is 1.47 bits per heavy atom. The molecular formula is C13H22ClN3O2. The van der Waals surface area contributed by atoms with Crippen LogP contribution in [0.4, 0.5) is 5.82 Å². The Balaban J connectivity index is 2.42. The van der Waals surface area contributed by atoms with Gasteiger partial charge in [0.25, 0.3) is 0 Å². The molecule has 1 heterocycles. The molecule has 1 aromatic heterocycles. The predicted octanol–water partition coefficient (Wildman–Crippen LogP) is 2.49. The monoisotopic (exact) mass is 287 g/mol. The van der Waals surface area contributed by atoms with Crippen molar-refractivity contribution in [1.29, 1.82) is 0 Å². The van der Waals surface area contributed by atoms with E-state index in [2.05, 4.69) is 15.3 Å². The Kier molecular flexibility index (Phi) is 7.70. The number of anilines is 1. The van der Waals surface area contributed by atoms with Gasteiger partial charge in [0.15, 0.2) is 5.82 Å². The van der Waals surface area contributed by atoms with E-state index in [1.165, 1.54) is 0 Å². The molecule has 0 aromatic carbocycles. The normalized spacial score (nSPS) is 12.4. The van der Waals surface area contributed by atoms with Gasteiger partial charge in [-0.3, -0.25) is 0 Å². The molecule has 0 aliphatic rings. The minimum atomic E-state index is 0.234. The quantitative estimate of drug-likeness (QED) is 0.539. The van der Waals surface area contributed by atoms with Crippen molar-refractivity contribution >= 4 is 17.4 Å². The van der Waals surface area contributed by atoms with E-state index in [4.69, 9.17) is 21.4 Å². The van der Waals surface area contributed by atoms with Crippen molar-refractivity contribution in [1.82, 2.24) is 9.97 Å². The number of nitrogens with zero attached hydrogens (tertiary/aromatic N) is 2. The van der Waals surface area contributed by atoms with Crippen LogP contribution < -0.4 is 5.32 Å². The van der Waals surface area contributed by atoms with E-state index >= 15 is 0 Å². The molecule has 0 fully saturated rings. The highest BCUT2D eigenvalue weighted by Gasteiger charge is 2.04. The first kappa shape index (κ1) is 16.1. The van der Waals surface area contributed by atoms with E-state index in [9.17, 15) is 0 Å². The summed E-state index contributed by atoms with van der Waals surface area (Å²) in [5, 5.41) is 12.6. The first-order valence-electron chi connectivity index (χ1n) is 6.61. The maximum Gasteiger partial charge on any atom is 0.158 e. The molecule has 2 N–H and O–H groups in total. The summed E-state index contributed by atoms with van der Waals surface area (Å²) in [6, 6.07) is 1.70. The van der Waals surface area contributed by atoms with Crippen LogP contribution in [0.2, 0.25) is 5.15 Å². The van der Waals surface area contributed by atoms with E-state index in [-0.39, 0.29) is 6.61 Å². The Labute approximate surface area is 119 Å². The summed E-state index contributed by atoms with van der Waals surface area (Å²) >= 11 is 5.93. The summed E-state index contributed by atoms with van der Waals surface area (Å²) in [5.74, 6) is 1.64. The zero-order valence-electron chi connectivity index (χ0n) is 11.5. The molecule has 0 saturated carbocycles. The van der Waals surface area contributed by atoms with Crippen LogP contribution in [-0.4, -0.2) is 34.8 Å². The maximum atomic E-state index is 8.93. The number of hydrogen-bond donors (Lipinski definition) is 2. The van der Waals surface area contributed by atoms with Crippen molar-refractivity contribution in [3.63, 3.8) is 0 Å². The van der Waals surface area contributed by atoms with Gasteiger partial charge in [0.05, 0.1) is 0 Å². The van der Waals surface area contributed by atoms with Crippen LogP contribution in [0.1, 0.15) is 32.5 Å². The van der Waals surface area contributed by atoms with Crippen molar-refractivity contribution in [2.45, 2.75) is 33.3 Å². The number of halogens is 1. The summed E-state index contributed by atoms with van der Waals surface area (Å²) in [6.07, 6.45) is 1.96. The lowest BCUT2D eigenvalue weighted by atomic mass is 10.1. The smallest absolute Gasteiger partial charge is 0.158 e. The number of aliphatic hydroxyl groups is 1. The van der Waals surface area contributed by atoms with Crippen LogP contribution in [0.3, 0.4) is 0 Å². The molecule has 19 heavy (non-hydrogen) atoms. The fourth-order valence-corrected chi connectivity index (χ4v) is 1.77. The highest BCUT2D eigenvalue weighted by atomic mass is 35.5. The number of aliphatic hydroxyl groups excluding tert-OH is 1. The standard InChI is InChI=1S/C13H22ClN3O2/c1-3-19-9-13-16-11(14)7-12(17-13)15-6-4-5-10(2)8-18/h7,10,18H,3-6,8-9H2,1-2H3,(H,15,16,17). The molecule has 0 aliphatic carbocycles. The lowest BCUT2D eigenvalue weighted by Crippen LogP contribution is -2.09. The summed E-state index contributed by atoms with van der Waals surface area (Å²) in [7, 11) is 0. The molecule has 1 atom stereocenters. The van der Waals surface area contributed by atoms with Crippen molar-refractivity contribution in [3.8, 4) is 0 Å². The molecule has 6 heteroatoms. The summed E-state index contributed by atoms with van der Waals surface area (Å²) in [5.41, 5.74) is 0. The lowest BCUT2D eigenvalue weighted by Gasteiger charge is -2.10. The van der Waals surface area contributed by atoms with Gasteiger partial charge in [-0.25, -0.2) is 9.97 Å². The molecule has 1 aromatic rings. The molecule has 0 saturated heterocycles.